The molecule has 0 bridgehead atoms. The Labute approximate surface area is 104 Å². The fraction of sp³-hybridized carbons (Fsp3) is 0. The molecule has 1 aromatic carbocycles. The number of fused-ring (bicyclic) bond motifs is 1. The molecule has 1 nitrogen and oxygen atoms in total. The molecular formula is C15H9NS. The number of rotatable bonds is 0. The highest BCUT2D eigenvalue weighted by atomic mass is 32.1. The van der Waals surface area contributed by atoms with E-state index < -0.39 is 0 Å². The third-order valence-corrected chi connectivity index (χ3v) is 3.27. The maximum Gasteiger partial charge on any atom is 0.0772 e. The Hall–Kier alpha value is -2.11. The Kier molecular flexibility index (Phi) is 2.61. The van der Waals surface area contributed by atoms with Gasteiger partial charge in [-0.3, -0.25) is 4.98 Å². The van der Waals surface area contributed by atoms with Crippen LogP contribution in [0.25, 0.3) is 10.9 Å². The van der Waals surface area contributed by atoms with Crippen LogP contribution in [0.3, 0.4) is 0 Å². The summed E-state index contributed by atoms with van der Waals surface area (Å²) < 4.78 is 0. The van der Waals surface area contributed by atoms with Gasteiger partial charge in [0, 0.05) is 17.1 Å². The molecule has 2 heteroatoms. The normalized spacial score (nSPS) is 9.88. The van der Waals surface area contributed by atoms with Crippen molar-refractivity contribution in [1.29, 1.82) is 0 Å². The average molecular weight is 235 g/mol. The van der Waals surface area contributed by atoms with Crippen molar-refractivity contribution >= 4 is 22.2 Å². The predicted octanol–water partition coefficient (Wildman–Crippen LogP) is 3.70. The highest BCUT2D eigenvalue weighted by Crippen LogP contribution is 2.15. The van der Waals surface area contributed by atoms with E-state index in [2.05, 4.69) is 22.9 Å². The molecule has 2 aromatic heterocycles. The van der Waals surface area contributed by atoms with Gasteiger partial charge in [-0.2, -0.15) is 0 Å². The maximum absolute atomic E-state index is 4.32. The summed E-state index contributed by atoms with van der Waals surface area (Å²) in [6.45, 7) is 0. The van der Waals surface area contributed by atoms with E-state index in [1.54, 1.807) is 17.5 Å². The van der Waals surface area contributed by atoms with Crippen LogP contribution in [0.15, 0.2) is 54.0 Å². The zero-order valence-electron chi connectivity index (χ0n) is 9.05. The minimum Gasteiger partial charge on any atom is -0.256 e. The first-order valence-corrected chi connectivity index (χ1v) is 6.21. The molecule has 17 heavy (non-hydrogen) atoms. The zero-order valence-corrected chi connectivity index (χ0v) is 9.87. The summed E-state index contributed by atoms with van der Waals surface area (Å²) >= 11 is 1.66. The number of nitrogens with zero attached hydrogens (tertiary/aromatic N) is 1. The minimum atomic E-state index is 0.991. The monoisotopic (exact) mass is 235 g/mol. The molecule has 0 aliphatic heterocycles. The SMILES string of the molecule is C(#Cc1cccc2ncccc12)c1cccs1. The fourth-order valence-corrected chi connectivity index (χ4v) is 2.26. The molecule has 0 amide bonds. The van der Waals surface area contributed by atoms with Crippen molar-refractivity contribution in [3.05, 3.63) is 64.5 Å². The van der Waals surface area contributed by atoms with Gasteiger partial charge in [-0.05, 0) is 29.6 Å². The van der Waals surface area contributed by atoms with Gasteiger partial charge in [0.2, 0.25) is 0 Å². The highest BCUT2D eigenvalue weighted by molar-refractivity contribution is 7.10. The molecule has 0 saturated carbocycles. The molecule has 0 radical (unpaired) electrons. The van der Waals surface area contributed by atoms with E-state index in [1.165, 1.54) is 0 Å². The van der Waals surface area contributed by atoms with Crippen molar-refractivity contribution in [3.63, 3.8) is 0 Å². The third kappa shape index (κ3) is 2.06. The molecule has 0 saturated heterocycles. The van der Waals surface area contributed by atoms with Crippen molar-refractivity contribution in [2.75, 3.05) is 0 Å². The van der Waals surface area contributed by atoms with Crippen molar-refractivity contribution in [2.45, 2.75) is 0 Å². The number of benzene rings is 1. The lowest BCUT2D eigenvalue weighted by Crippen LogP contribution is -1.81. The Morgan fingerprint density at radius 1 is 0.941 bits per heavy atom. The summed E-state index contributed by atoms with van der Waals surface area (Å²) in [6.07, 6.45) is 1.80. The van der Waals surface area contributed by atoms with Crippen LogP contribution in [0.5, 0.6) is 0 Å². The first-order valence-electron chi connectivity index (χ1n) is 5.33. The summed E-state index contributed by atoms with van der Waals surface area (Å²) in [5.41, 5.74) is 2.02. The lowest BCUT2D eigenvalue weighted by Gasteiger charge is -1.98. The second kappa shape index (κ2) is 4.40. The molecule has 3 aromatic rings. The van der Waals surface area contributed by atoms with Crippen LogP contribution in [0, 0.1) is 11.8 Å². The van der Waals surface area contributed by atoms with E-state index >= 15 is 0 Å². The van der Waals surface area contributed by atoms with Crippen LogP contribution in [0.4, 0.5) is 0 Å². The van der Waals surface area contributed by atoms with Gasteiger partial charge in [0.15, 0.2) is 0 Å². The van der Waals surface area contributed by atoms with Gasteiger partial charge in [0.1, 0.15) is 0 Å². The topological polar surface area (TPSA) is 12.9 Å². The Morgan fingerprint density at radius 2 is 1.94 bits per heavy atom. The molecule has 0 unspecified atom stereocenters. The molecule has 0 aliphatic carbocycles. The predicted molar refractivity (Wildman–Crippen MR) is 72.0 cm³/mol. The summed E-state index contributed by atoms with van der Waals surface area (Å²) in [5.74, 6) is 6.38. The third-order valence-electron chi connectivity index (χ3n) is 2.49. The first-order chi connectivity index (χ1) is 8.43. The Morgan fingerprint density at radius 3 is 2.82 bits per heavy atom. The number of hydrogen-bond acceptors (Lipinski definition) is 2. The van der Waals surface area contributed by atoms with Crippen molar-refractivity contribution in [1.82, 2.24) is 4.98 Å². The van der Waals surface area contributed by atoms with Crippen LogP contribution in [-0.4, -0.2) is 4.98 Å². The molecule has 0 fully saturated rings. The number of aromatic nitrogens is 1. The van der Waals surface area contributed by atoms with Crippen LogP contribution < -0.4 is 0 Å². The van der Waals surface area contributed by atoms with Crippen molar-refractivity contribution in [3.8, 4) is 11.8 Å². The van der Waals surface area contributed by atoms with Crippen molar-refractivity contribution < 1.29 is 0 Å². The lowest BCUT2D eigenvalue weighted by atomic mass is 10.1. The molecular weight excluding hydrogens is 226 g/mol. The van der Waals surface area contributed by atoms with Crippen LogP contribution >= 0.6 is 11.3 Å². The first kappa shape index (κ1) is 10.1. The standard InChI is InChI=1S/C15H9NS/c1-4-12(8-9-13-5-3-11-17-13)14-6-2-10-16-15(14)7-1/h1-7,10-11H. The van der Waals surface area contributed by atoms with Gasteiger partial charge in [-0.25, -0.2) is 0 Å². The summed E-state index contributed by atoms with van der Waals surface area (Å²) in [7, 11) is 0. The van der Waals surface area contributed by atoms with E-state index in [0.29, 0.717) is 0 Å². The zero-order chi connectivity index (χ0) is 11.5. The van der Waals surface area contributed by atoms with Gasteiger partial charge >= 0.3 is 0 Å². The number of hydrogen-bond donors (Lipinski definition) is 0. The summed E-state index contributed by atoms with van der Waals surface area (Å²) in [4.78, 5) is 5.41. The Balaban J connectivity index is 2.12. The quantitative estimate of drug-likeness (QED) is 0.541. The summed E-state index contributed by atoms with van der Waals surface area (Å²) in [6, 6.07) is 14.1. The van der Waals surface area contributed by atoms with Crippen molar-refractivity contribution in [2.24, 2.45) is 0 Å². The maximum atomic E-state index is 4.32. The van der Waals surface area contributed by atoms with E-state index in [1.807, 2.05) is 41.8 Å². The average Bonchev–Trinajstić information content (AvgIpc) is 2.89. The largest absolute Gasteiger partial charge is 0.256 e. The fourth-order valence-electron chi connectivity index (χ4n) is 1.69. The minimum absolute atomic E-state index is 0.991. The van der Waals surface area contributed by atoms with E-state index in [-0.39, 0.29) is 0 Å². The second-order valence-corrected chi connectivity index (χ2v) is 4.55. The molecule has 3 rings (SSSR count). The van der Waals surface area contributed by atoms with Gasteiger partial charge in [-0.15, -0.1) is 11.3 Å². The van der Waals surface area contributed by atoms with Crippen LogP contribution in [0.1, 0.15) is 10.4 Å². The highest BCUT2D eigenvalue weighted by Gasteiger charge is 1.97. The van der Waals surface area contributed by atoms with E-state index in [9.17, 15) is 0 Å². The van der Waals surface area contributed by atoms with Gasteiger partial charge < -0.3 is 0 Å². The van der Waals surface area contributed by atoms with Gasteiger partial charge in [0.05, 0.1) is 10.4 Å². The number of thiophene rings is 1. The lowest BCUT2D eigenvalue weighted by molar-refractivity contribution is 1.41. The second-order valence-electron chi connectivity index (χ2n) is 3.60. The van der Waals surface area contributed by atoms with Gasteiger partial charge in [-0.1, -0.05) is 30.0 Å². The smallest absolute Gasteiger partial charge is 0.0772 e. The van der Waals surface area contributed by atoms with E-state index in [0.717, 1.165) is 21.3 Å². The molecule has 0 spiro atoms. The number of pyridine rings is 1. The van der Waals surface area contributed by atoms with Crippen LogP contribution in [-0.2, 0) is 0 Å². The van der Waals surface area contributed by atoms with Crippen LogP contribution in [0.2, 0.25) is 0 Å². The molecule has 80 valence electrons. The molecule has 2 heterocycles. The molecule has 0 N–H and O–H groups in total. The van der Waals surface area contributed by atoms with E-state index in [4.69, 9.17) is 0 Å². The molecule has 0 aliphatic rings. The molecule has 0 atom stereocenters. The van der Waals surface area contributed by atoms with Gasteiger partial charge in [0.25, 0.3) is 0 Å². The summed E-state index contributed by atoms with van der Waals surface area (Å²) in [5, 5.41) is 3.15. The Bertz CT molecular complexity index is 697.